The van der Waals surface area contributed by atoms with Gasteiger partial charge in [0.05, 0.1) is 12.3 Å². The van der Waals surface area contributed by atoms with Gasteiger partial charge in [0.25, 0.3) is 0 Å². The van der Waals surface area contributed by atoms with Crippen LogP contribution in [0.5, 0.6) is 0 Å². The highest BCUT2D eigenvalue weighted by Crippen LogP contribution is 2.19. The smallest absolute Gasteiger partial charge is 0.209 e. The Labute approximate surface area is 64.8 Å². The van der Waals surface area contributed by atoms with E-state index in [4.69, 9.17) is 0 Å². The quantitative estimate of drug-likeness (QED) is 0.430. The molecule has 0 aliphatic heterocycles. The first-order valence-electron chi connectivity index (χ1n) is 3.76. The van der Waals surface area contributed by atoms with Gasteiger partial charge in [-0.25, -0.2) is 0 Å². The van der Waals surface area contributed by atoms with Gasteiger partial charge in [0.1, 0.15) is 0 Å². The fourth-order valence-electron chi connectivity index (χ4n) is 1.29. The molecule has 0 N–H and O–H groups in total. The van der Waals surface area contributed by atoms with Gasteiger partial charge in [0.15, 0.2) is 5.78 Å². The lowest BCUT2D eigenvalue weighted by Crippen LogP contribution is -2.16. The minimum atomic E-state index is -0.604. The van der Waals surface area contributed by atoms with Crippen LogP contribution >= 0.6 is 0 Å². The number of ketones is 3. The van der Waals surface area contributed by atoms with E-state index >= 15 is 0 Å². The van der Waals surface area contributed by atoms with Gasteiger partial charge in [0, 0.05) is 0 Å². The molecule has 0 aromatic carbocycles. The third kappa shape index (κ3) is 1.37. The molecular weight excluding hydrogens is 144 g/mol. The molecule has 3 nitrogen and oxygen atoms in total. The van der Waals surface area contributed by atoms with Crippen molar-refractivity contribution in [3.8, 4) is 0 Å². The Balaban J connectivity index is 2.71. The van der Waals surface area contributed by atoms with E-state index in [1.54, 1.807) is 0 Å². The summed E-state index contributed by atoms with van der Waals surface area (Å²) in [6, 6.07) is 0. The zero-order chi connectivity index (χ0) is 8.43. The standard InChI is InChI=1S/C8H10O3/c1-2-3-5-6(9)4-7(10)8(5)11/h5H,2-4H2,1H3. The van der Waals surface area contributed by atoms with Crippen LogP contribution in [0.4, 0.5) is 0 Å². The number of hydrogen-bond acceptors (Lipinski definition) is 3. The summed E-state index contributed by atoms with van der Waals surface area (Å²) >= 11 is 0. The van der Waals surface area contributed by atoms with Crippen LogP contribution in [0.15, 0.2) is 0 Å². The van der Waals surface area contributed by atoms with Gasteiger partial charge in [-0.3, -0.25) is 14.4 Å². The minimum Gasteiger partial charge on any atom is -0.298 e. The average molecular weight is 154 g/mol. The number of Topliss-reactive ketones (excluding diaryl/α,β-unsaturated/α-hetero) is 3. The predicted octanol–water partition coefficient (Wildman–Crippen LogP) is 0.514. The summed E-state index contributed by atoms with van der Waals surface area (Å²) in [6.45, 7) is 1.89. The number of carbonyl (C=O) groups is 3. The number of rotatable bonds is 2. The summed E-state index contributed by atoms with van der Waals surface area (Å²) in [5.41, 5.74) is 0. The molecular formula is C8H10O3. The van der Waals surface area contributed by atoms with Gasteiger partial charge in [0.2, 0.25) is 11.6 Å². The molecule has 0 bridgehead atoms. The van der Waals surface area contributed by atoms with Crippen LogP contribution in [0.2, 0.25) is 0 Å². The molecule has 1 unspecified atom stereocenters. The Kier molecular flexibility index (Phi) is 2.17. The third-order valence-corrected chi connectivity index (χ3v) is 1.89. The summed E-state index contributed by atoms with van der Waals surface area (Å²) in [6.07, 6.45) is 1.14. The molecule has 0 amide bonds. The first-order chi connectivity index (χ1) is 5.16. The van der Waals surface area contributed by atoms with Crippen molar-refractivity contribution in [3.05, 3.63) is 0 Å². The van der Waals surface area contributed by atoms with Gasteiger partial charge >= 0.3 is 0 Å². The first kappa shape index (κ1) is 8.11. The molecule has 0 aromatic heterocycles. The van der Waals surface area contributed by atoms with E-state index in [0.29, 0.717) is 6.42 Å². The molecule has 0 aromatic rings. The zero-order valence-corrected chi connectivity index (χ0v) is 6.42. The number of carbonyl (C=O) groups excluding carboxylic acids is 3. The molecule has 1 rings (SSSR count). The maximum atomic E-state index is 10.9. The van der Waals surface area contributed by atoms with Crippen molar-refractivity contribution in [3.63, 3.8) is 0 Å². The van der Waals surface area contributed by atoms with Crippen LogP contribution in [0.25, 0.3) is 0 Å². The summed E-state index contributed by atoms with van der Waals surface area (Å²) in [5.74, 6) is -1.78. The second-order valence-corrected chi connectivity index (χ2v) is 2.77. The van der Waals surface area contributed by atoms with Crippen molar-refractivity contribution in [1.29, 1.82) is 0 Å². The van der Waals surface area contributed by atoms with Gasteiger partial charge < -0.3 is 0 Å². The maximum absolute atomic E-state index is 10.9. The van der Waals surface area contributed by atoms with E-state index in [1.165, 1.54) is 0 Å². The molecule has 3 heteroatoms. The van der Waals surface area contributed by atoms with Crippen LogP contribution in [-0.4, -0.2) is 17.3 Å². The Morgan fingerprint density at radius 3 is 2.36 bits per heavy atom. The van der Waals surface area contributed by atoms with E-state index in [9.17, 15) is 14.4 Å². The fourth-order valence-corrected chi connectivity index (χ4v) is 1.29. The second-order valence-electron chi connectivity index (χ2n) is 2.77. The van der Waals surface area contributed by atoms with Crippen molar-refractivity contribution in [2.45, 2.75) is 26.2 Å². The largest absolute Gasteiger partial charge is 0.298 e. The molecule has 0 heterocycles. The van der Waals surface area contributed by atoms with Crippen molar-refractivity contribution in [2.75, 3.05) is 0 Å². The van der Waals surface area contributed by atoms with E-state index in [0.717, 1.165) is 6.42 Å². The molecule has 0 spiro atoms. The normalized spacial score (nSPS) is 24.8. The summed E-state index contributed by atoms with van der Waals surface area (Å²) in [4.78, 5) is 32.6. The Morgan fingerprint density at radius 2 is 2.00 bits per heavy atom. The SMILES string of the molecule is CCCC1C(=O)CC(=O)C1=O. The molecule has 1 saturated carbocycles. The van der Waals surface area contributed by atoms with E-state index in [-0.39, 0.29) is 12.2 Å². The molecule has 1 aliphatic carbocycles. The highest BCUT2D eigenvalue weighted by Gasteiger charge is 2.38. The van der Waals surface area contributed by atoms with Crippen LogP contribution < -0.4 is 0 Å². The monoisotopic (exact) mass is 154 g/mol. The highest BCUT2D eigenvalue weighted by molar-refractivity contribution is 6.49. The fraction of sp³-hybridized carbons (Fsp3) is 0.625. The van der Waals surface area contributed by atoms with Crippen LogP contribution in [0, 0.1) is 5.92 Å². The van der Waals surface area contributed by atoms with E-state index in [1.807, 2.05) is 6.92 Å². The summed E-state index contributed by atoms with van der Waals surface area (Å²) < 4.78 is 0. The molecule has 0 radical (unpaired) electrons. The molecule has 11 heavy (non-hydrogen) atoms. The first-order valence-corrected chi connectivity index (χ1v) is 3.76. The lowest BCUT2D eigenvalue weighted by molar-refractivity contribution is -0.136. The Morgan fingerprint density at radius 1 is 1.36 bits per heavy atom. The third-order valence-electron chi connectivity index (χ3n) is 1.89. The van der Waals surface area contributed by atoms with Crippen molar-refractivity contribution in [1.82, 2.24) is 0 Å². The minimum absolute atomic E-state index is 0.163. The topological polar surface area (TPSA) is 51.2 Å². The zero-order valence-electron chi connectivity index (χ0n) is 6.42. The Hall–Kier alpha value is -0.990. The second kappa shape index (κ2) is 2.95. The Bertz CT molecular complexity index is 217. The van der Waals surface area contributed by atoms with Crippen molar-refractivity contribution in [2.24, 2.45) is 5.92 Å². The lowest BCUT2D eigenvalue weighted by Gasteiger charge is -2.00. The summed E-state index contributed by atoms with van der Waals surface area (Å²) in [5, 5.41) is 0. The predicted molar refractivity (Wildman–Crippen MR) is 38.0 cm³/mol. The van der Waals surface area contributed by atoms with E-state index in [2.05, 4.69) is 0 Å². The highest BCUT2D eigenvalue weighted by atomic mass is 16.2. The van der Waals surface area contributed by atoms with E-state index < -0.39 is 17.5 Å². The molecule has 1 fully saturated rings. The number of hydrogen-bond donors (Lipinski definition) is 0. The van der Waals surface area contributed by atoms with Crippen LogP contribution in [-0.2, 0) is 14.4 Å². The summed E-state index contributed by atoms with van der Waals surface area (Å²) in [7, 11) is 0. The van der Waals surface area contributed by atoms with Gasteiger partial charge in [-0.1, -0.05) is 13.3 Å². The van der Waals surface area contributed by atoms with Gasteiger partial charge in [-0.15, -0.1) is 0 Å². The molecule has 60 valence electrons. The maximum Gasteiger partial charge on any atom is 0.209 e. The molecule has 1 aliphatic rings. The average Bonchev–Trinajstić information content (AvgIpc) is 2.17. The van der Waals surface area contributed by atoms with Gasteiger partial charge in [-0.2, -0.15) is 0 Å². The van der Waals surface area contributed by atoms with Gasteiger partial charge in [-0.05, 0) is 6.42 Å². The van der Waals surface area contributed by atoms with Crippen molar-refractivity contribution < 1.29 is 14.4 Å². The molecule has 0 saturated heterocycles. The van der Waals surface area contributed by atoms with Crippen molar-refractivity contribution >= 4 is 17.3 Å². The molecule has 1 atom stereocenters. The lowest BCUT2D eigenvalue weighted by atomic mass is 10.0. The van der Waals surface area contributed by atoms with Crippen LogP contribution in [0.3, 0.4) is 0 Å². The van der Waals surface area contributed by atoms with Crippen LogP contribution in [0.1, 0.15) is 26.2 Å².